The van der Waals surface area contributed by atoms with Crippen LogP contribution in [0.5, 0.6) is 5.75 Å². The lowest BCUT2D eigenvalue weighted by atomic mass is 10.1. The molecule has 0 aliphatic carbocycles. The number of ether oxygens (including phenoxy) is 2. The summed E-state index contributed by atoms with van der Waals surface area (Å²) < 4.78 is 34.9. The number of benzene rings is 1. The second-order valence-electron chi connectivity index (χ2n) is 5.24. The van der Waals surface area contributed by atoms with Gasteiger partial charge in [0.25, 0.3) is 0 Å². The predicted molar refractivity (Wildman–Crippen MR) is 93.6 cm³/mol. The third-order valence-corrected chi connectivity index (χ3v) is 5.32. The molecule has 1 aromatic carbocycles. The molecule has 0 saturated heterocycles. The lowest BCUT2D eigenvalue weighted by Gasteiger charge is -2.16. The number of sulfone groups is 1. The van der Waals surface area contributed by atoms with Crippen molar-refractivity contribution in [2.24, 2.45) is 5.11 Å². The third-order valence-electron chi connectivity index (χ3n) is 3.43. The van der Waals surface area contributed by atoms with Crippen LogP contribution >= 0.6 is 11.6 Å². The molecule has 10 heteroatoms. The van der Waals surface area contributed by atoms with E-state index in [1.807, 2.05) is 0 Å². The Bertz CT molecular complexity index is 702. The zero-order valence-electron chi connectivity index (χ0n) is 13.8. The minimum Gasteiger partial charge on any atom is -0.497 e. The summed E-state index contributed by atoms with van der Waals surface area (Å²) in [6, 6.07) is 5.97. The van der Waals surface area contributed by atoms with Crippen LogP contribution in [-0.2, 0) is 14.6 Å². The van der Waals surface area contributed by atoms with Crippen molar-refractivity contribution in [3.8, 4) is 5.75 Å². The highest BCUT2D eigenvalue weighted by atomic mass is 35.5. The second kappa shape index (κ2) is 10.8. The van der Waals surface area contributed by atoms with Crippen LogP contribution in [-0.4, -0.2) is 39.4 Å². The fraction of sp³-hybridized carbons (Fsp3) is 0.533. The molecule has 8 nitrogen and oxygen atoms in total. The quantitative estimate of drug-likeness (QED) is 0.186. The maximum atomic E-state index is 12.5. The predicted octanol–water partition coefficient (Wildman–Crippen LogP) is 4.08. The Balaban J connectivity index is 2.67. The van der Waals surface area contributed by atoms with E-state index >= 15 is 0 Å². The van der Waals surface area contributed by atoms with E-state index < -0.39 is 21.4 Å². The van der Waals surface area contributed by atoms with E-state index in [9.17, 15) is 13.2 Å². The number of methoxy groups -OCH3 is 1. The molecule has 0 spiro atoms. The van der Waals surface area contributed by atoms with Crippen LogP contribution in [0.2, 0.25) is 0 Å². The molecule has 0 aliphatic rings. The van der Waals surface area contributed by atoms with Crippen LogP contribution in [0.4, 0.5) is 4.79 Å². The van der Waals surface area contributed by atoms with Crippen LogP contribution in [0.3, 0.4) is 0 Å². The van der Waals surface area contributed by atoms with Gasteiger partial charge in [0.1, 0.15) is 11.9 Å². The molecule has 0 aromatic heterocycles. The van der Waals surface area contributed by atoms with Gasteiger partial charge in [-0.15, -0.1) is 0 Å². The molecule has 1 unspecified atom stereocenters. The van der Waals surface area contributed by atoms with Crippen molar-refractivity contribution in [1.82, 2.24) is 0 Å². The summed E-state index contributed by atoms with van der Waals surface area (Å²) >= 11 is 5.24. The summed E-state index contributed by atoms with van der Waals surface area (Å²) in [4.78, 5) is 13.8. The Morgan fingerprint density at radius 3 is 2.52 bits per heavy atom. The number of hydrogen-bond donors (Lipinski definition) is 0. The van der Waals surface area contributed by atoms with Gasteiger partial charge in [-0.25, -0.2) is 13.2 Å². The summed E-state index contributed by atoms with van der Waals surface area (Å²) in [6.07, 6.45) is 1.53. The van der Waals surface area contributed by atoms with Crippen LogP contribution < -0.4 is 4.74 Å². The molecule has 0 fully saturated rings. The summed E-state index contributed by atoms with van der Waals surface area (Å²) in [5.74, 6) is 0.191. The fourth-order valence-electron chi connectivity index (χ4n) is 2.21. The van der Waals surface area contributed by atoms with E-state index in [2.05, 4.69) is 10.0 Å². The Labute approximate surface area is 151 Å². The summed E-state index contributed by atoms with van der Waals surface area (Å²) in [7, 11) is -2.15. The number of unbranched alkanes of at least 4 members (excludes halogenated alkanes) is 2. The molecule has 0 N–H and O–H groups in total. The molecule has 0 radical (unpaired) electrons. The number of rotatable bonds is 11. The van der Waals surface area contributed by atoms with Gasteiger partial charge in [-0.1, -0.05) is 11.5 Å². The maximum Gasteiger partial charge on any atom is 0.404 e. The van der Waals surface area contributed by atoms with Gasteiger partial charge in [0.15, 0.2) is 9.84 Å². The van der Waals surface area contributed by atoms with Gasteiger partial charge in [-0.2, -0.15) is 0 Å². The van der Waals surface area contributed by atoms with E-state index in [1.54, 1.807) is 12.1 Å². The third kappa shape index (κ3) is 8.11. The van der Waals surface area contributed by atoms with Gasteiger partial charge < -0.3 is 9.47 Å². The summed E-state index contributed by atoms with van der Waals surface area (Å²) in [5.41, 5.74) is 7.15. The number of nitrogens with zero attached hydrogens (tertiary/aromatic N) is 3. The Kier molecular flexibility index (Phi) is 9.12. The van der Waals surface area contributed by atoms with Crippen molar-refractivity contribution < 1.29 is 22.7 Å². The number of carbonyl (C=O) groups excluding carboxylic acids is 1. The molecule has 1 atom stereocenters. The molecular formula is C15H20ClN3O5S. The number of carbonyl (C=O) groups is 1. The monoisotopic (exact) mass is 389 g/mol. The van der Waals surface area contributed by atoms with Crippen molar-refractivity contribution in [3.05, 3.63) is 34.7 Å². The molecule has 0 saturated carbocycles. The minimum atomic E-state index is -3.64. The second-order valence-corrected chi connectivity index (χ2v) is 7.58. The van der Waals surface area contributed by atoms with E-state index in [-0.39, 0.29) is 10.6 Å². The van der Waals surface area contributed by atoms with Gasteiger partial charge in [0.05, 0.1) is 17.8 Å². The van der Waals surface area contributed by atoms with Gasteiger partial charge in [0.2, 0.25) is 0 Å². The molecule has 0 bridgehead atoms. The fourth-order valence-corrected chi connectivity index (χ4v) is 3.80. The van der Waals surface area contributed by atoms with Gasteiger partial charge in [0, 0.05) is 23.1 Å². The maximum absolute atomic E-state index is 12.5. The normalized spacial score (nSPS) is 12.1. The molecular weight excluding hydrogens is 370 g/mol. The van der Waals surface area contributed by atoms with Gasteiger partial charge in [-0.05, 0) is 49.1 Å². The zero-order chi connectivity index (χ0) is 18.7. The molecule has 0 aliphatic heterocycles. The highest BCUT2D eigenvalue weighted by Crippen LogP contribution is 2.20. The lowest BCUT2D eigenvalue weighted by molar-refractivity contribution is 0.126. The van der Waals surface area contributed by atoms with E-state index in [1.165, 1.54) is 19.2 Å². The largest absolute Gasteiger partial charge is 0.497 e. The number of hydrogen-bond acceptors (Lipinski definition) is 6. The molecule has 1 aromatic rings. The van der Waals surface area contributed by atoms with Crippen molar-refractivity contribution in [2.45, 2.75) is 36.7 Å². The highest BCUT2D eigenvalue weighted by molar-refractivity contribution is 7.91. The average molecular weight is 390 g/mol. The number of halogens is 1. The first-order chi connectivity index (χ1) is 11.9. The molecule has 0 amide bonds. The van der Waals surface area contributed by atoms with Crippen molar-refractivity contribution >= 4 is 26.9 Å². The van der Waals surface area contributed by atoms with Crippen LogP contribution in [0.1, 0.15) is 25.7 Å². The number of azide groups is 1. The molecule has 1 rings (SSSR count). The summed E-state index contributed by atoms with van der Waals surface area (Å²) in [5, 5.41) is 3.42. The van der Waals surface area contributed by atoms with Crippen LogP contribution in [0.15, 0.2) is 34.3 Å². The minimum absolute atomic E-state index is 0.118. The van der Waals surface area contributed by atoms with Gasteiger partial charge in [-0.3, -0.25) is 0 Å². The van der Waals surface area contributed by atoms with Crippen molar-refractivity contribution in [1.29, 1.82) is 0 Å². The Morgan fingerprint density at radius 2 is 1.96 bits per heavy atom. The first kappa shape index (κ1) is 21.1. The molecule has 0 heterocycles. The topological polar surface area (TPSA) is 118 Å². The van der Waals surface area contributed by atoms with Crippen LogP contribution in [0, 0.1) is 0 Å². The zero-order valence-corrected chi connectivity index (χ0v) is 15.4. The summed E-state index contributed by atoms with van der Waals surface area (Å²) in [6.45, 7) is 0.376. The molecule has 25 heavy (non-hydrogen) atoms. The Hall–Kier alpha value is -1.96. The average Bonchev–Trinajstić information content (AvgIpc) is 2.57. The van der Waals surface area contributed by atoms with E-state index in [0.717, 1.165) is 6.42 Å². The van der Waals surface area contributed by atoms with E-state index in [4.69, 9.17) is 26.6 Å². The lowest BCUT2D eigenvalue weighted by Crippen LogP contribution is -2.25. The highest BCUT2D eigenvalue weighted by Gasteiger charge is 2.23. The van der Waals surface area contributed by atoms with E-state index in [0.29, 0.717) is 31.6 Å². The first-order valence-electron chi connectivity index (χ1n) is 7.63. The van der Waals surface area contributed by atoms with Crippen molar-refractivity contribution in [2.75, 3.05) is 19.4 Å². The van der Waals surface area contributed by atoms with Crippen molar-refractivity contribution in [3.63, 3.8) is 0 Å². The smallest absolute Gasteiger partial charge is 0.404 e. The van der Waals surface area contributed by atoms with Crippen LogP contribution in [0.25, 0.3) is 10.4 Å². The Morgan fingerprint density at radius 1 is 1.28 bits per heavy atom. The SMILES string of the molecule is COc1ccc(S(=O)(=O)CC(CCCCCN=[N+]=[N-])OC(=O)Cl)cc1. The molecule has 138 valence electrons. The van der Waals surface area contributed by atoms with Gasteiger partial charge >= 0.3 is 5.43 Å². The first-order valence-corrected chi connectivity index (χ1v) is 9.66. The standard InChI is InChI=1S/C15H20ClN3O5S/c1-23-12-6-8-14(9-7-12)25(21,22)11-13(24-15(16)20)5-3-2-4-10-18-19-17/h6-9,13H,2-5,10-11H2,1H3.